The molecule has 0 heterocycles. The highest BCUT2D eigenvalue weighted by Gasteiger charge is 2.03. The Balaban J connectivity index is 3.35. The molecule has 7 nitrogen and oxygen atoms in total. The second-order valence-electron chi connectivity index (χ2n) is 4.18. The number of aliphatic carboxylic acids is 1. The second kappa shape index (κ2) is 11.5. The van der Waals surface area contributed by atoms with E-state index in [4.69, 9.17) is 5.11 Å². The molecule has 0 radical (unpaired) electrons. The topological polar surface area (TPSA) is 108 Å². The van der Waals surface area contributed by atoms with Crippen molar-refractivity contribution in [3.05, 3.63) is 0 Å². The molecule has 0 aliphatic rings. The summed E-state index contributed by atoms with van der Waals surface area (Å²) in [5.74, 6) is -1.03. The van der Waals surface area contributed by atoms with Crippen LogP contribution in [-0.2, 0) is 14.4 Å². The maximum absolute atomic E-state index is 11.4. The zero-order valence-electron chi connectivity index (χ0n) is 11.3. The van der Waals surface area contributed by atoms with E-state index in [0.717, 1.165) is 12.8 Å². The summed E-state index contributed by atoms with van der Waals surface area (Å²) in [6.45, 7) is 1.11. The van der Waals surface area contributed by atoms with E-state index < -0.39 is 5.97 Å². The highest BCUT2D eigenvalue weighted by Crippen LogP contribution is 1.98. The van der Waals surface area contributed by atoms with Crippen LogP contribution in [0.2, 0.25) is 0 Å². The fourth-order valence-electron chi connectivity index (χ4n) is 1.43. The number of unbranched alkanes of at least 4 members (excludes halogenated alkanes) is 2. The van der Waals surface area contributed by atoms with E-state index >= 15 is 0 Å². The van der Waals surface area contributed by atoms with Crippen molar-refractivity contribution in [2.75, 3.05) is 26.7 Å². The Bertz CT molecular complexity index is 295. The predicted octanol–water partition coefficient (Wildman–Crippen LogP) is -0.527. The third kappa shape index (κ3) is 12.6. The van der Waals surface area contributed by atoms with Gasteiger partial charge >= 0.3 is 5.97 Å². The molecular formula is C12H23N3O4. The van der Waals surface area contributed by atoms with Crippen LogP contribution in [0.3, 0.4) is 0 Å². The largest absolute Gasteiger partial charge is 0.481 e. The van der Waals surface area contributed by atoms with Gasteiger partial charge in [0, 0.05) is 25.9 Å². The Morgan fingerprint density at radius 2 is 1.58 bits per heavy atom. The zero-order chi connectivity index (χ0) is 14.5. The fraction of sp³-hybridized carbons (Fsp3) is 0.750. The molecule has 0 aromatic rings. The van der Waals surface area contributed by atoms with E-state index in [1.807, 2.05) is 0 Å². The van der Waals surface area contributed by atoms with Crippen LogP contribution in [0, 0.1) is 0 Å². The van der Waals surface area contributed by atoms with Gasteiger partial charge in [-0.25, -0.2) is 0 Å². The summed E-state index contributed by atoms with van der Waals surface area (Å²) in [6.07, 6.45) is 2.61. The molecule has 2 amide bonds. The first-order valence-corrected chi connectivity index (χ1v) is 6.46. The summed E-state index contributed by atoms with van der Waals surface area (Å²) in [7, 11) is 1.68. The Morgan fingerprint density at radius 3 is 2.21 bits per heavy atom. The van der Waals surface area contributed by atoms with Crippen molar-refractivity contribution < 1.29 is 19.5 Å². The molecule has 4 N–H and O–H groups in total. The van der Waals surface area contributed by atoms with Crippen molar-refractivity contribution in [3.63, 3.8) is 0 Å². The van der Waals surface area contributed by atoms with E-state index in [9.17, 15) is 14.4 Å². The third-order valence-electron chi connectivity index (χ3n) is 2.40. The predicted molar refractivity (Wildman–Crippen MR) is 70.7 cm³/mol. The molecule has 0 fully saturated rings. The maximum atomic E-state index is 11.4. The van der Waals surface area contributed by atoms with Gasteiger partial charge in [-0.1, -0.05) is 6.42 Å². The minimum absolute atomic E-state index is 0.108. The monoisotopic (exact) mass is 273 g/mol. The molecule has 0 bridgehead atoms. The van der Waals surface area contributed by atoms with Gasteiger partial charge in [0.05, 0.1) is 6.54 Å². The number of carbonyl (C=O) groups is 3. The van der Waals surface area contributed by atoms with Gasteiger partial charge in [0.2, 0.25) is 11.8 Å². The first-order valence-electron chi connectivity index (χ1n) is 6.46. The minimum Gasteiger partial charge on any atom is -0.481 e. The first kappa shape index (κ1) is 17.4. The van der Waals surface area contributed by atoms with E-state index in [0.29, 0.717) is 19.5 Å². The van der Waals surface area contributed by atoms with Crippen LogP contribution >= 0.6 is 0 Å². The summed E-state index contributed by atoms with van der Waals surface area (Å²) in [5.41, 5.74) is 0. The average molecular weight is 273 g/mol. The number of carboxylic acid groups (broad SMARTS) is 1. The SMILES string of the molecule is CNCC(=O)NCCC(=O)NCCCCCC(=O)O. The van der Waals surface area contributed by atoms with Crippen LogP contribution in [0.15, 0.2) is 0 Å². The molecule has 19 heavy (non-hydrogen) atoms. The number of carboxylic acids is 1. The lowest BCUT2D eigenvalue weighted by Gasteiger charge is -2.06. The van der Waals surface area contributed by atoms with E-state index in [2.05, 4.69) is 16.0 Å². The average Bonchev–Trinajstić information content (AvgIpc) is 2.33. The number of hydrogen-bond acceptors (Lipinski definition) is 4. The summed E-state index contributed by atoms with van der Waals surface area (Å²) in [6, 6.07) is 0. The smallest absolute Gasteiger partial charge is 0.303 e. The molecule has 110 valence electrons. The van der Waals surface area contributed by atoms with Crippen LogP contribution in [0.1, 0.15) is 32.1 Å². The Morgan fingerprint density at radius 1 is 0.895 bits per heavy atom. The van der Waals surface area contributed by atoms with Gasteiger partial charge in [-0.05, 0) is 19.9 Å². The van der Waals surface area contributed by atoms with Crippen molar-refractivity contribution in [2.24, 2.45) is 0 Å². The molecule has 0 spiro atoms. The Kier molecular flexibility index (Phi) is 10.5. The molecule has 0 atom stereocenters. The van der Waals surface area contributed by atoms with Crippen LogP contribution in [0.25, 0.3) is 0 Å². The highest BCUT2D eigenvalue weighted by atomic mass is 16.4. The van der Waals surface area contributed by atoms with Crippen LogP contribution in [-0.4, -0.2) is 49.6 Å². The van der Waals surface area contributed by atoms with Crippen molar-refractivity contribution in [1.29, 1.82) is 0 Å². The number of hydrogen-bond donors (Lipinski definition) is 4. The van der Waals surface area contributed by atoms with Gasteiger partial charge < -0.3 is 21.1 Å². The maximum Gasteiger partial charge on any atom is 0.303 e. The molecule has 0 aromatic heterocycles. The normalized spacial score (nSPS) is 9.95. The van der Waals surface area contributed by atoms with Crippen molar-refractivity contribution in [1.82, 2.24) is 16.0 Å². The molecule has 0 saturated carbocycles. The highest BCUT2D eigenvalue weighted by molar-refractivity contribution is 5.80. The third-order valence-corrected chi connectivity index (χ3v) is 2.40. The molecule has 0 aliphatic heterocycles. The number of carbonyl (C=O) groups excluding carboxylic acids is 2. The summed E-state index contributed by atoms with van der Waals surface area (Å²) < 4.78 is 0. The van der Waals surface area contributed by atoms with Gasteiger partial charge in [-0.2, -0.15) is 0 Å². The second-order valence-corrected chi connectivity index (χ2v) is 4.18. The Labute approximate surface area is 113 Å². The Hall–Kier alpha value is -1.63. The molecule has 0 aromatic carbocycles. The summed E-state index contributed by atoms with van der Waals surface area (Å²) >= 11 is 0. The number of nitrogens with one attached hydrogen (secondary N) is 3. The van der Waals surface area contributed by atoms with Gasteiger partial charge in [-0.15, -0.1) is 0 Å². The molecule has 7 heteroatoms. The zero-order valence-corrected chi connectivity index (χ0v) is 11.3. The van der Waals surface area contributed by atoms with Gasteiger partial charge in [0.15, 0.2) is 0 Å². The van der Waals surface area contributed by atoms with Crippen molar-refractivity contribution in [3.8, 4) is 0 Å². The molecule has 0 rings (SSSR count). The summed E-state index contributed by atoms with van der Waals surface area (Å²) in [4.78, 5) is 32.7. The summed E-state index contributed by atoms with van der Waals surface area (Å²) in [5, 5.41) is 16.5. The van der Waals surface area contributed by atoms with Crippen molar-refractivity contribution in [2.45, 2.75) is 32.1 Å². The van der Waals surface area contributed by atoms with Gasteiger partial charge in [-0.3, -0.25) is 14.4 Å². The van der Waals surface area contributed by atoms with E-state index in [1.165, 1.54) is 0 Å². The molecule has 0 unspecified atom stereocenters. The first-order chi connectivity index (χ1) is 9.06. The van der Waals surface area contributed by atoms with E-state index in [-0.39, 0.29) is 31.2 Å². The lowest BCUT2D eigenvalue weighted by molar-refractivity contribution is -0.137. The quantitative estimate of drug-likeness (QED) is 0.379. The fourth-order valence-corrected chi connectivity index (χ4v) is 1.43. The molecule has 0 aliphatic carbocycles. The molecular weight excluding hydrogens is 250 g/mol. The minimum atomic E-state index is -0.790. The molecule has 0 saturated heterocycles. The number of likely N-dealkylation sites (N-methyl/N-ethyl adjacent to an activating group) is 1. The van der Waals surface area contributed by atoms with Crippen LogP contribution in [0.5, 0.6) is 0 Å². The number of rotatable bonds is 11. The lowest BCUT2D eigenvalue weighted by atomic mass is 10.2. The van der Waals surface area contributed by atoms with Gasteiger partial charge in [0.1, 0.15) is 0 Å². The number of amides is 2. The lowest BCUT2D eigenvalue weighted by Crippen LogP contribution is -2.35. The van der Waals surface area contributed by atoms with Crippen LogP contribution < -0.4 is 16.0 Å². The standard InChI is InChI=1S/C12H23N3O4/c1-13-9-11(17)15-8-6-10(16)14-7-4-2-3-5-12(18)19/h13H,2-9H2,1H3,(H,14,16)(H,15,17)(H,18,19). The van der Waals surface area contributed by atoms with E-state index in [1.54, 1.807) is 7.05 Å². The van der Waals surface area contributed by atoms with Gasteiger partial charge in [0.25, 0.3) is 0 Å². The van der Waals surface area contributed by atoms with Crippen LogP contribution in [0.4, 0.5) is 0 Å². The van der Waals surface area contributed by atoms with Crippen molar-refractivity contribution >= 4 is 17.8 Å².